The Kier molecular flexibility index (Phi) is 6.82. The summed E-state index contributed by atoms with van der Waals surface area (Å²) in [5, 5.41) is 19.0. The van der Waals surface area contributed by atoms with Crippen molar-refractivity contribution in [2.75, 3.05) is 20.2 Å². The molecule has 3 N–H and O–H groups in total. The number of nitrogens with zero attached hydrogens (tertiary/aromatic N) is 3. The summed E-state index contributed by atoms with van der Waals surface area (Å²) in [7, 11) is 1.74. The molecule has 0 bridgehead atoms. The van der Waals surface area contributed by atoms with E-state index in [1.54, 1.807) is 28.6 Å². The fraction of sp³-hybridized carbons (Fsp3) is 0.375. The highest BCUT2D eigenvalue weighted by Gasteiger charge is 2.31. The van der Waals surface area contributed by atoms with Crippen LogP contribution in [0.3, 0.4) is 0 Å². The standard InChI is InChI=1S/C24H25F3N4O4/c1-30-9-8-18(22(30)35)14-5-6-20-19(12-14)28-23(31(20)10-7-17(33)13-32)29-21(34)15-3-2-4-16(11-15)24(25,26)27/h2-6,11-12,17-18,32-33H,7-10,13H2,1H3,(H,28,29,34)/t17-,18+/m0/s1. The van der Waals surface area contributed by atoms with Crippen LogP contribution < -0.4 is 5.62 Å². The van der Waals surface area contributed by atoms with Crippen LogP contribution >= 0.6 is 0 Å². The first-order valence-corrected chi connectivity index (χ1v) is 11.1. The minimum Gasteiger partial charge on any atom is -0.394 e. The lowest BCUT2D eigenvalue weighted by Crippen LogP contribution is -2.24. The summed E-state index contributed by atoms with van der Waals surface area (Å²) in [4.78, 5) is 33.9. The van der Waals surface area contributed by atoms with Gasteiger partial charge in [0.1, 0.15) is 0 Å². The average molecular weight is 490 g/mol. The van der Waals surface area contributed by atoms with Gasteiger partial charge < -0.3 is 24.7 Å². The highest BCUT2D eigenvalue weighted by molar-refractivity contribution is 5.95. The molecule has 0 saturated carbocycles. The van der Waals surface area contributed by atoms with Gasteiger partial charge in [-0.3, -0.25) is 9.59 Å². The molecule has 1 aliphatic heterocycles. The largest absolute Gasteiger partial charge is 0.416 e. The summed E-state index contributed by atoms with van der Waals surface area (Å²) in [5.74, 6) is -1.14. The second-order valence-electron chi connectivity index (χ2n) is 8.60. The molecule has 8 nitrogen and oxygen atoms in total. The zero-order valence-electron chi connectivity index (χ0n) is 18.9. The number of imidazole rings is 1. The number of aliphatic hydroxyl groups excluding tert-OH is 2. The van der Waals surface area contributed by atoms with E-state index in [2.05, 4.69) is 9.98 Å². The first kappa shape index (κ1) is 24.7. The molecule has 186 valence electrons. The number of hydrogen-bond donors (Lipinski definition) is 3. The summed E-state index contributed by atoms with van der Waals surface area (Å²) in [6, 6.07) is 9.40. The van der Waals surface area contributed by atoms with Crippen molar-refractivity contribution >= 4 is 22.8 Å². The number of halogens is 3. The number of likely N-dealkylation sites (tertiary alicyclic amines) is 1. The van der Waals surface area contributed by atoms with E-state index in [9.17, 15) is 27.9 Å². The third-order valence-corrected chi connectivity index (χ3v) is 6.18. The van der Waals surface area contributed by atoms with E-state index in [1.807, 2.05) is 6.07 Å². The Morgan fingerprint density at radius 1 is 1.26 bits per heavy atom. The van der Waals surface area contributed by atoms with E-state index in [0.29, 0.717) is 24.0 Å². The molecule has 2 heterocycles. The zero-order chi connectivity index (χ0) is 25.3. The Morgan fingerprint density at radius 2 is 2.03 bits per heavy atom. The van der Waals surface area contributed by atoms with Crippen LogP contribution in [0.4, 0.5) is 13.2 Å². The fourth-order valence-corrected chi connectivity index (χ4v) is 4.21. The molecule has 0 aliphatic carbocycles. The van der Waals surface area contributed by atoms with Gasteiger partial charge >= 0.3 is 6.18 Å². The highest BCUT2D eigenvalue weighted by atomic mass is 19.4. The fourth-order valence-electron chi connectivity index (χ4n) is 4.21. The van der Waals surface area contributed by atoms with Gasteiger partial charge in [0.2, 0.25) is 11.5 Å². The molecule has 4 rings (SSSR count). The first-order valence-electron chi connectivity index (χ1n) is 11.1. The molecule has 11 heteroatoms. The number of aliphatic hydroxyl groups is 2. The average Bonchev–Trinajstić information content (AvgIpc) is 3.35. The maximum Gasteiger partial charge on any atom is 0.416 e. The summed E-state index contributed by atoms with van der Waals surface area (Å²) in [5.41, 5.74) is 0.920. The molecule has 2 amide bonds. The number of benzene rings is 2. The van der Waals surface area contributed by atoms with Gasteiger partial charge in [-0.15, -0.1) is 0 Å². The van der Waals surface area contributed by atoms with E-state index < -0.39 is 30.4 Å². The lowest BCUT2D eigenvalue weighted by Gasteiger charge is -2.11. The van der Waals surface area contributed by atoms with E-state index in [4.69, 9.17) is 5.11 Å². The van der Waals surface area contributed by atoms with Crippen LogP contribution in [0, 0.1) is 0 Å². The minimum absolute atomic E-state index is 0.0134. The highest BCUT2D eigenvalue weighted by Crippen LogP contribution is 2.30. The molecule has 1 fully saturated rings. The third-order valence-electron chi connectivity index (χ3n) is 6.18. The number of rotatable bonds is 6. The van der Waals surface area contributed by atoms with Crippen LogP contribution in [0.5, 0.6) is 0 Å². The quantitative estimate of drug-likeness (QED) is 0.493. The van der Waals surface area contributed by atoms with Gasteiger partial charge in [-0.1, -0.05) is 12.1 Å². The Bertz CT molecular complexity index is 1330. The maximum absolute atomic E-state index is 13.1. The molecular weight excluding hydrogens is 465 g/mol. The Morgan fingerprint density at radius 3 is 2.69 bits per heavy atom. The summed E-state index contributed by atoms with van der Waals surface area (Å²) in [6.07, 6.45) is -4.76. The lowest BCUT2D eigenvalue weighted by molar-refractivity contribution is -0.137. The summed E-state index contributed by atoms with van der Waals surface area (Å²) in [6.45, 7) is 0.387. The molecule has 0 radical (unpaired) electrons. The second-order valence-corrected chi connectivity index (χ2v) is 8.60. The van der Waals surface area contributed by atoms with Crippen molar-refractivity contribution in [3.63, 3.8) is 0 Å². The third kappa shape index (κ3) is 5.15. The first-order chi connectivity index (χ1) is 16.6. The number of aromatic nitrogens is 2. The smallest absolute Gasteiger partial charge is 0.394 e. The SMILES string of the molecule is CN1CC[C@H](c2ccc3c(c2)[nH]/c(=N\C(=O)c2cccc(C(F)(F)F)c2)n3CC[C@H](O)CO)C1=O. The number of aromatic amines is 1. The van der Waals surface area contributed by atoms with E-state index >= 15 is 0 Å². The van der Waals surface area contributed by atoms with E-state index in [1.165, 1.54) is 6.07 Å². The van der Waals surface area contributed by atoms with Crippen LogP contribution in [0.2, 0.25) is 0 Å². The van der Waals surface area contributed by atoms with Crippen molar-refractivity contribution in [1.29, 1.82) is 0 Å². The molecule has 1 aliphatic rings. The maximum atomic E-state index is 13.1. The van der Waals surface area contributed by atoms with Crippen molar-refractivity contribution in [2.45, 2.75) is 37.6 Å². The van der Waals surface area contributed by atoms with Gasteiger partial charge in [0, 0.05) is 25.7 Å². The predicted octanol–water partition coefficient (Wildman–Crippen LogP) is 2.42. The van der Waals surface area contributed by atoms with Crippen molar-refractivity contribution in [3.05, 3.63) is 64.8 Å². The van der Waals surface area contributed by atoms with Gasteiger partial charge in [-0.05, 0) is 48.7 Å². The number of H-pyrrole nitrogens is 1. The minimum atomic E-state index is -4.60. The van der Waals surface area contributed by atoms with Gasteiger partial charge in [0.25, 0.3) is 5.91 Å². The van der Waals surface area contributed by atoms with Crippen LogP contribution in [-0.2, 0) is 17.5 Å². The summed E-state index contributed by atoms with van der Waals surface area (Å²) >= 11 is 0. The molecule has 1 saturated heterocycles. The predicted molar refractivity (Wildman–Crippen MR) is 120 cm³/mol. The van der Waals surface area contributed by atoms with Crippen molar-refractivity contribution < 1.29 is 33.0 Å². The van der Waals surface area contributed by atoms with E-state index in [-0.39, 0.29) is 36.0 Å². The van der Waals surface area contributed by atoms with Crippen LogP contribution in [0.15, 0.2) is 47.5 Å². The lowest BCUT2D eigenvalue weighted by atomic mass is 9.97. The molecule has 0 spiro atoms. The van der Waals surface area contributed by atoms with Gasteiger partial charge in [0.05, 0.1) is 35.2 Å². The number of hydrogen-bond acceptors (Lipinski definition) is 4. The molecular formula is C24H25F3N4O4. The Labute approximate surface area is 198 Å². The number of carbonyl (C=O) groups excluding carboxylic acids is 2. The number of likely N-dealkylation sites (N-methyl/N-ethyl adjacent to an activating group) is 1. The van der Waals surface area contributed by atoms with Crippen molar-refractivity contribution in [1.82, 2.24) is 14.5 Å². The Balaban J connectivity index is 1.76. The van der Waals surface area contributed by atoms with Crippen LogP contribution in [-0.4, -0.2) is 62.8 Å². The molecule has 2 atom stereocenters. The number of amides is 2. The van der Waals surface area contributed by atoms with Crippen molar-refractivity contribution in [2.24, 2.45) is 4.99 Å². The number of fused-ring (bicyclic) bond motifs is 1. The second kappa shape index (κ2) is 9.67. The molecule has 2 aromatic carbocycles. The molecule has 1 aromatic heterocycles. The van der Waals surface area contributed by atoms with E-state index in [0.717, 1.165) is 23.8 Å². The molecule has 0 unspecified atom stereocenters. The number of aryl methyl sites for hydroxylation is 1. The van der Waals surface area contributed by atoms with Crippen LogP contribution in [0.25, 0.3) is 11.0 Å². The number of alkyl halides is 3. The van der Waals surface area contributed by atoms with Gasteiger partial charge in [0.15, 0.2) is 0 Å². The Hall–Kier alpha value is -3.44. The van der Waals surface area contributed by atoms with Crippen molar-refractivity contribution in [3.8, 4) is 0 Å². The summed E-state index contributed by atoms with van der Waals surface area (Å²) < 4.78 is 40.8. The van der Waals surface area contributed by atoms with Crippen LogP contribution in [0.1, 0.15) is 40.2 Å². The van der Waals surface area contributed by atoms with Gasteiger partial charge in [-0.25, -0.2) is 0 Å². The monoisotopic (exact) mass is 490 g/mol. The molecule has 35 heavy (non-hydrogen) atoms. The molecule has 3 aromatic rings. The normalized spacial score (nSPS) is 18.0. The zero-order valence-corrected chi connectivity index (χ0v) is 18.9. The van der Waals surface area contributed by atoms with Gasteiger partial charge in [-0.2, -0.15) is 18.2 Å². The number of nitrogens with one attached hydrogen (secondary N) is 1. The number of carbonyl (C=O) groups is 2. The topological polar surface area (TPSA) is 111 Å².